The van der Waals surface area contributed by atoms with E-state index in [0.29, 0.717) is 17.1 Å². The number of rotatable bonds is 6. The van der Waals surface area contributed by atoms with Crippen LogP contribution in [0.3, 0.4) is 0 Å². The number of halogens is 1. The Balaban J connectivity index is 2.18. The van der Waals surface area contributed by atoms with E-state index in [0.717, 1.165) is 5.56 Å². The zero-order valence-corrected chi connectivity index (χ0v) is 13.8. The number of nitrogens with two attached hydrogens (primary N) is 1. The van der Waals surface area contributed by atoms with Crippen LogP contribution < -0.4 is 15.2 Å². The second kappa shape index (κ2) is 8.09. The van der Waals surface area contributed by atoms with Crippen LogP contribution in [-0.4, -0.2) is 12.1 Å². The van der Waals surface area contributed by atoms with E-state index < -0.39 is 0 Å². The molecule has 0 saturated heterocycles. The Bertz CT molecular complexity index is 811. The normalized spacial score (nSPS) is 10.8. The van der Waals surface area contributed by atoms with Crippen molar-refractivity contribution in [1.82, 2.24) is 0 Å². The lowest BCUT2D eigenvalue weighted by Crippen LogP contribution is -2.09. The summed E-state index contributed by atoms with van der Waals surface area (Å²) >= 11 is 4.81. The van der Waals surface area contributed by atoms with Gasteiger partial charge in [0.1, 0.15) is 23.5 Å². The van der Waals surface area contributed by atoms with Crippen molar-refractivity contribution < 1.29 is 13.9 Å². The second-order valence-electron chi connectivity index (χ2n) is 4.86. The largest absolute Gasteiger partial charge is 0.493 e. The highest BCUT2D eigenvalue weighted by Crippen LogP contribution is 2.29. The van der Waals surface area contributed by atoms with E-state index in [1.54, 1.807) is 36.4 Å². The average molecular weight is 342 g/mol. The quantitative estimate of drug-likeness (QED) is 0.493. The van der Waals surface area contributed by atoms with Gasteiger partial charge in [-0.25, -0.2) is 4.39 Å². The van der Waals surface area contributed by atoms with Gasteiger partial charge in [0.05, 0.1) is 12.7 Å². The van der Waals surface area contributed by atoms with Crippen LogP contribution in [0.2, 0.25) is 0 Å². The lowest BCUT2D eigenvalue weighted by atomic mass is 10.1. The fourth-order valence-corrected chi connectivity index (χ4v) is 2.06. The highest BCUT2D eigenvalue weighted by molar-refractivity contribution is 7.80. The van der Waals surface area contributed by atoms with Crippen molar-refractivity contribution in [3.8, 4) is 17.6 Å². The molecule has 0 aromatic heterocycles. The van der Waals surface area contributed by atoms with E-state index in [9.17, 15) is 4.39 Å². The minimum atomic E-state index is -0.293. The van der Waals surface area contributed by atoms with Gasteiger partial charge in [0.2, 0.25) is 0 Å². The van der Waals surface area contributed by atoms with Crippen LogP contribution in [0.4, 0.5) is 4.39 Å². The summed E-state index contributed by atoms with van der Waals surface area (Å²) < 4.78 is 23.9. The smallest absolute Gasteiger partial charge is 0.161 e. The Labute approximate surface area is 144 Å². The lowest BCUT2D eigenvalue weighted by Gasteiger charge is -2.11. The molecule has 6 heteroatoms. The van der Waals surface area contributed by atoms with Crippen LogP contribution in [0, 0.1) is 17.1 Å². The maximum atomic E-state index is 12.9. The molecular formula is C18H15FN2O2S. The molecule has 0 bridgehead atoms. The Morgan fingerprint density at radius 3 is 2.54 bits per heavy atom. The number of hydrogen-bond acceptors (Lipinski definition) is 4. The van der Waals surface area contributed by atoms with E-state index in [-0.39, 0.29) is 23.0 Å². The maximum Gasteiger partial charge on any atom is 0.161 e. The van der Waals surface area contributed by atoms with Gasteiger partial charge < -0.3 is 15.2 Å². The van der Waals surface area contributed by atoms with E-state index in [1.807, 2.05) is 6.07 Å². The number of nitrogens with zero attached hydrogens (tertiary/aromatic N) is 1. The van der Waals surface area contributed by atoms with Gasteiger partial charge in [-0.3, -0.25) is 0 Å². The van der Waals surface area contributed by atoms with Gasteiger partial charge in [-0.2, -0.15) is 5.26 Å². The van der Waals surface area contributed by atoms with E-state index in [4.69, 9.17) is 32.7 Å². The summed E-state index contributed by atoms with van der Waals surface area (Å²) in [5, 5.41) is 9.00. The zero-order valence-electron chi connectivity index (χ0n) is 13.0. The fourth-order valence-electron chi connectivity index (χ4n) is 1.96. The maximum absolute atomic E-state index is 12.9. The summed E-state index contributed by atoms with van der Waals surface area (Å²) in [6, 6.07) is 13.2. The van der Waals surface area contributed by atoms with E-state index in [2.05, 4.69) is 0 Å². The highest BCUT2D eigenvalue weighted by atomic mass is 32.1. The number of methoxy groups -OCH3 is 1. The molecule has 2 aromatic rings. The molecule has 0 heterocycles. The molecule has 0 saturated carbocycles. The first-order chi connectivity index (χ1) is 11.5. The van der Waals surface area contributed by atoms with Gasteiger partial charge >= 0.3 is 0 Å². The standard InChI is InChI=1S/C18H15FN2O2S/c1-22-17-9-13(8-14(10-20)18(21)24)4-7-16(17)23-11-12-2-5-15(19)6-3-12/h2-9H,11H2,1H3,(H2,21,24)/b14-8-. The Kier molecular flexibility index (Phi) is 5.88. The third-order valence-electron chi connectivity index (χ3n) is 3.19. The van der Waals surface area contributed by atoms with E-state index >= 15 is 0 Å². The topological polar surface area (TPSA) is 68.3 Å². The molecule has 4 nitrogen and oxygen atoms in total. The molecular weight excluding hydrogens is 327 g/mol. The van der Waals surface area contributed by atoms with Gasteiger partial charge in [-0.05, 0) is 41.5 Å². The molecule has 0 radical (unpaired) electrons. The van der Waals surface area contributed by atoms with Gasteiger partial charge in [0.15, 0.2) is 11.5 Å². The lowest BCUT2D eigenvalue weighted by molar-refractivity contribution is 0.284. The monoisotopic (exact) mass is 342 g/mol. The third-order valence-corrected chi connectivity index (χ3v) is 3.41. The van der Waals surface area contributed by atoms with Gasteiger partial charge in [-0.1, -0.05) is 30.4 Å². The van der Waals surface area contributed by atoms with Gasteiger partial charge in [0, 0.05) is 0 Å². The first kappa shape index (κ1) is 17.4. The Hall–Kier alpha value is -2.91. The summed E-state index contributed by atoms with van der Waals surface area (Å²) in [4.78, 5) is 0.0353. The molecule has 0 amide bonds. The molecule has 24 heavy (non-hydrogen) atoms. The molecule has 0 spiro atoms. The molecule has 0 aliphatic carbocycles. The Morgan fingerprint density at radius 1 is 1.25 bits per heavy atom. The summed E-state index contributed by atoms with van der Waals surface area (Å²) in [6.45, 7) is 0.280. The molecule has 0 atom stereocenters. The average Bonchev–Trinajstić information content (AvgIpc) is 2.59. The molecule has 2 rings (SSSR count). The van der Waals surface area contributed by atoms with Crippen molar-refractivity contribution in [1.29, 1.82) is 5.26 Å². The van der Waals surface area contributed by atoms with Crippen molar-refractivity contribution in [3.05, 3.63) is 65.0 Å². The summed E-state index contributed by atoms with van der Waals surface area (Å²) in [7, 11) is 1.52. The third kappa shape index (κ3) is 4.54. The SMILES string of the molecule is COc1cc(/C=C(/C#N)C(N)=S)ccc1OCc1ccc(F)cc1. The summed E-state index contributed by atoms with van der Waals surface area (Å²) in [5.74, 6) is 0.748. The molecule has 0 unspecified atom stereocenters. The van der Waals surface area contributed by atoms with Crippen LogP contribution in [0.15, 0.2) is 48.0 Å². The minimum absolute atomic E-state index is 0.0353. The zero-order chi connectivity index (χ0) is 17.5. The van der Waals surface area contributed by atoms with Crippen LogP contribution in [0.5, 0.6) is 11.5 Å². The van der Waals surface area contributed by atoms with E-state index in [1.165, 1.54) is 19.2 Å². The fraction of sp³-hybridized carbons (Fsp3) is 0.111. The van der Waals surface area contributed by atoms with Gasteiger partial charge in [-0.15, -0.1) is 0 Å². The van der Waals surface area contributed by atoms with Crippen LogP contribution in [0.25, 0.3) is 6.08 Å². The molecule has 2 N–H and O–H groups in total. The first-order valence-electron chi connectivity index (χ1n) is 7.00. The van der Waals surface area contributed by atoms with Crippen molar-refractivity contribution >= 4 is 23.3 Å². The van der Waals surface area contributed by atoms with Crippen molar-refractivity contribution in [3.63, 3.8) is 0 Å². The summed E-state index contributed by atoms with van der Waals surface area (Å²) in [6.07, 6.45) is 1.58. The van der Waals surface area contributed by atoms with Gasteiger partial charge in [0.25, 0.3) is 0 Å². The van der Waals surface area contributed by atoms with Crippen LogP contribution in [0.1, 0.15) is 11.1 Å². The molecule has 122 valence electrons. The van der Waals surface area contributed by atoms with Crippen molar-refractivity contribution in [2.75, 3.05) is 7.11 Å². The minimum Gasteiger partial charge on any atom is -0.493 e. The van der Waals surface area contributed by atoms with Crippen molar-refractivity contribution in [2.45, 2.75) is 6.61 Å². The summed E-state index contributed by atoms with van der Waals surface area (Å²) in [5.41, 5.74) is 7.24. The second-order valence-corrected chi connectivity index (χ2v) is 5.30. The molecule has 2 aromatic carbocycles. The van der Waals surface area contributed by atoms with Crippen LogP contribution in [-0.2, 0) is 6.61 Å². The number of benzene rings is 2. The number of hydrogen-bond donors (Lipinski definition) is 1. The number of ether oxygens (including phenoxy) is 2. The molecule has 0 aliphatic heterocycles. The highest BCUT2D eigenvalue weighted by Gasteiger charge is 2.07. The first-order valence-corrected chi connectivity index (χ1v) is 7.41. The van der Waals surface area contributed by atoms with Crippen molar-refractivity contribution in [2.24, 2.45) is 5.73 Å². The molecule has 0 aliphatic rings. The Morgan fingerprint density at radius 2 is 1.96 bits per heavy atom. The molecule has 0 fully saturated rings. The number of nitriles is 1. The number of thiocarbonyl (C=S) groups is 1. The predicted octanol–water partition coefficient (Wildman–Crippen LogP) is 3.61. The predicted molar refractivity (Wildman–Crippen MR) is 94.1 cm³/mol. The van der Waals surface area contributed by atoms with Crippen LogP contribution >= 0.6 is 12.2 Å².